The van der Waals surface area contributed by atoms with Gasteiger partial charge in [-0.1, -0.05) is 0 Å². The predicted molar refractivity (Wildman–Crippen MR) is 117 cm³/mol. The second-order valence-corrected chi connectivity index (χ2v) is 7.38. The Bertz CT molecular complexity index is 1110. The lowest BCUT2D eigenvalue weighted by Gasteiger charge is -2.20. The molecule has 1 amide bonds. The van der Waals surface area contributed by atoms with E-state index in [0.29, 0.717) is 36.0 Å². The molecule has 1 N–H and O–H groups in total. The van der Waals surface area contributed by atoms with Gasteiger partial charge in [-0.3, -0.25) is 9.48 Å². The Balaban J connectivity index is 1.49. The number of hydrogen-bond donors (Lipinski definition) is 1. The van der Waals surface area contributed by atoms with E-state index in [0.717, 1.165) is 30.6 Å². The van der Waals surface area contributed by atoms with E-state index in [4.69, 9.17) is 0 Å². The van der Waals surface area contributed by atoms with Crippen molar-refractivity contribution in [3.8, 4) is 0 Å². The van der Waals surface area contributed by atoms with Crippen molar-refractivity contribution in [1.82, 2.24) is 25.1 Å². The van der Waals surface area contributed by atoms with Gasteiger partial charge in [0.25, 0.3) is 5.91 Å². The fourth-order valence-electron chi connectivity index (χ4n) is 3.60. The zero-order valence-corrected chi connectivity index (χ0v) is 17.5. The van der Waals surface area contributed by atoms with Crippen molar-refractivity contribution in [2.24, 2.45) is 4.99 Å². The molecule has 1 aliphatic rings. The summed E-state index contributed by atoms with van der Waals surface area (Å²) < 4.78 is 15.4. The summed E-state index contributed by atoms with van der Waals surface area (Å²) in [6.07, 6.45) is 6.58. The molecule has 0 aliphatic carbocycles. The number of fused-ring (bicyclic) bond motifs is 1. The van der Waals surface area contributed by atoms with Gasteiger partial charge in [0.1, 0.15) is 23.5 Å². The van der Waals surface area contributed by atoms with E-state index in [9.17, 15) is 9.18 Å². The number of aromatic nitrogens is 4. The Hall–Kier alpha value is -3.62. The molecule has 0 radical (unpaired) electrons. The van der Waals surface area contributed by atoms with Gasteiger partial charge in [0, 0.05) is 37.7 Å². The van der Waals surface area contributed by atoms with E-state index in [1.165, 1.54) is 12.4 Å². The van der Waals surface area contributed by atoms with E-state index in [2.05, 4.69) is 25.4 Å². The first kappa shape index (κ1) is 20.6. The van der Waals surface area contributed by atoms with Gasteiger partial charge in [-0.2, -0.15) is 5.10 Å². The summed E-state index contributed by atoms with van der Waals surface area (Å²) in [7, 11) is 0. The monoisotopic (exact) mass is 421 g/mol. The average Bonchev–Trinajstić information content (AvgIpc) is 3.42. The summed E-state index contributed by atoms with van der Waals surface area (Å²) in [4.78, 5) is 27.8. The predicted octanol–water partition coefficient (Wildman–Crippen LogP) is 3.11. The molecule has 160 valence electrons. The summed E-state index contributed by atoms with van der Waals surface area (Å²) in [5.41, 5.74) is 3.38. The summed E-state index contributed by atoms with van der Waals surface area (Å²) in [5.74, 6) is 0.125. The van der Waals surface area contributed by atoms with E-state index >= 15 is 0 Å². The van der Waals surface area contributed by atoms with Crippen LogP contribution in [0.2, 0.25) is 0 Å². The van der Waals surface area contributed by atoms with Crippen molar-refractivity contribution in [2.45, 2.75) is 33.2 Å². The smallest absolute Gasteiger partial charge is 0.265 e. The van der Waals surface area contributed by atoms with Crippen LogP contribution in [0.15, 0.2) is 48.0 Å². The molecular formula is C22H24FN7O. The number of hydrogen-bond acceptors (Lipinski definition) is 6. The van der Waals surface area contributed by atoms with Gasteiger partial charge >= 0.3 is 0 Å². The Kier molecular flexibility index (Phi) is 6.01. The van der Waals surface area contributed by atoms with Crippen molar-refractivity contribution < 1.29 is 9.18 Å². The second-order valence-electron chi connectivity index (χ2n) is 7.38. The lowest BCUT2D eigenvalue weighted by Crippen LogP contribution is -2.30. The molecule has 8 nitrogen and oxygen atoms in total. The van der Waals surface area contributed by atoms with Gasteiger partial charge in [-0.25, -0.2) is 19.4 Å². The average molecular weight is 421 g/mol. The SMILES string of the molecule is C/C(=N\c1c(C)ncnc1N1CCc2cc(F)ccc21)C(=O)NCCCn1cccn1. The van der Waals surface area contributed by atoms with Crippen molar-refractivity contribution in [1.29, 1.82) is 0 Å². The molecule has 0 bridgehead atoms. The highest BCUT2D eigenvalue weighted by Crippen LogP contribution is 2.39. The van der Waals surface area contributed by atoms with Crippen LogP contribution in [0.25, 0.3) is 0 Å². The number of benzene rings is 1. The maximum absolute atomic E-state index is 13.6. The number of halogens is 1. The maximum Gasteiger partial charge on any atom is 0.265 e. The van der Waals surface area contributed by atoms with Crippen LogP contribution in [0.5, 0.6) is 0 Å². The zero-order chi connectivity index (χ0) is 21.8. The molecule has 0 saturated heterocycles. The Morgan fingerprint density at radius 1 is 1.32 bits per heavy atom. The number of anilines is 2. The van der Waals surface area contributed by atoms with Crippen molar-refractivity contribution >= 4 is 28.8 Å². The van der Waals surface area contributed by atoms with Crippen molar-refractivity contribution in [3.63, 3.8) is 0 Å². The highest BCUT2D eigenvalue weighted by atomic mass is 19.1. The highest BCUT2D eigenvalue weighted by Gasteiger charge is 2.25. The summed E-state index contributed by atoms with van der Waals surface area (Å²) in [5, 5.41) is 7.03. The number of amides is 1. The van der Waals surface area contributed by atoms with E-state index in [1.807, 2.05) is 28.8 Å². The lowest BCUT2D eigenvalue weighted by atomic mass is 10.1. The van der Waals surface area contributed by atoms with E-state index in [1.54, 1.807) is 25.3 Å². The van der Waals surface area contributed by atoms with Crippen LogP contribution in [-0.4, -0.2) is 44.5 Å². The molecule has 3 heterocycles. The third-order valence-corrected chi connectivity index (χ3v) is 5.20. The van der Waals surface area contributed by atoms with Crippen LogP contribution >= 0.6 is 0 Å². The second kappa shape index (κ2) is 9.03. The van der Waals surface area contributed by atoms with Gasteiger partial charge in [0.15, 0.2) is 5.82 Å². The molecule has 1 aliphatic heterocycles. The van der Waals surface area contributed by atoms with Gasteiger partial charge in [-0.05, 0) is 56.5 Å². The van der Waals surface area contributed by atoms with Crippen LogP contribution in [0.4, 0.5) is 21.6 Å². The number of aliphatic imine (C=N–C) groups is 1. The maximum atomic E-state index is 13.6. The molecule has 0 saturated carbocycles. The summed E-state index contributed by atoms with van der Waals surface area (Å²) in [6, 6.07) is 6.61. The van der Waals surface area contributed by atoms with Crippen LogP contribution in [0.3, 0.4) is 0 Å². The third-order valence-electron chi connectivity index (χ3n) is 5.20. The Morgan fingerprint density at radius 2 is 2.19 bits per heavy atom. The molecule has 0 atom stereocenters. The van der Waals surface area contributed by atoms with E-state index in [-0.39, 0.29) is 11.7 Å². The van der Waals surface area contributed by atoms with Crippen molar-refractivity contribution in [2.75, 3.05) is 18.0 Å². The first-order chi connectivity index (χ1) is 15.0. The van der Waals surface area contributed by atoms with Crippen LogP contribution in [0.1, 0.15) is 24.6 Å². The molecule has 4 rings (SSSR count). The molecule has 0 fully saturated rings. The molecule has 1 aromatic carbocycles. The van der Waals surface area contributed by atoms with Crippen LogP contribution in [-0.2, 0) is 17.8 Å². The summed E-state index contributed by atoms with van der Waals surface area (Å²) in [6.45, 7) is 5.42. The summed E-state index contributed by atoms with van der Waals surface area (Å²) >= 11 is 0. The van der Waals surface area contributed by atoms with Gasteiger partial charge in [-0.15, -0.1) is 0 Å². The van der Waals surface area contributed by atoms with E-state index < -0.39 is 0 Å². The molecular weight excluding hydrogens is 397 g/mol. The number of nitrogens with one attached hydrogen (secondary N) is 1. The molecule has 0 spiro atoms. The molecule has 9 heteroatoms. The van der Waals surface area contributed by atoms with Gasteiger partial charge in [0.05, 0.1) is 5.69 Å². The largest absolute Gasteiger partial charge is 0.351 e. The molecule has 31 heavy (non-hydrogen) atoms. The number of nitrogens with zero attached hydrogens (tertiary/aromatic N) is 6. The Morgan fingerprint density at radius 3 is 3.00 bits per heavy atom. The van der Waals surface area contributed by atoms with Crippen LogP contribution in [0, 0.1) is 12.7 Å². The van der Waals surface area contributed by atoms with Gasteiger partial charge in [0.2, 0.25) is 0 Å². The normalized spacial score (nSPS) is 13.4. The number of aryl methyl sites for hydroxylation is 2. The number of rotatable bonds is 7. The number of carbonyl (C=O) groups excluding carboxylic acids is 1. The fourth-order valence-corrected chi connectivity index (χ4v) is 3.60. The molecule has 2 aromatic heterocycles. The number of carbonyl (C=O) groups is 1. The molecule has 3 aromatic rings. The standard InChI is InChI=1S/C22H24FN7O/c1-15-20(28-16(2)22(31)24-8-3-10-29-11-4-9-27-29)21(26-14-25-15)30-12-7-17-13-18(23)5-6-19(17)30/h4-6,9,11,13-14H,3,7-8,10,12H2,1-2H3,(H,24,31)/b28-16+. The highest BCUT2D eigenvalue weighted by molar-refractivity contribution is 6.38. The minimum Gasteiger partial charge on any atom is -0.351 e. The Labute approximate surface area is 179 Å². The minimum atomic E-state index is -0.252. The van der Waals surface area contributed by atoms with Gasteiger partial charge < -0.3 is 10.2 Å². The quantitative estimate of drug-likeness (QED) is 0.468. The first-order valence-electron chi connectivity index (χ1n) is 10.2. The molecule has 0 unspecified atom stereocenters. The minimum absolute atomic E-state index is 0.237. The lowest BCUT2D eigenvalue weighted by molar-refractivity contribution is -0.114. The topological polar surface area (TPSA) is 88.3 Å². The third kappa shape index (κ3) is 4.60. The van der Waals surface area contributed by atoms with Crippen LogP contribution < -0.4 is 10.2 Å². The first-order valence-corrected chi connectivity index (χ1v) is 10.2. The fraction of sp³-hybridized carbons (Fsp3) is 0.318. The zero-order valence-electron chi connectivity index (χ0n) is 17.5. The van der Waals surface area contributed by atoms with Crippen molar-refractivity contribution in [3.05, 3.63) is 60.1 Å².